The number of fused-ring (bicyclic) bond motifs is 1. The first kappa shape index (κ1) is 22.1. The first-order valence-electron chi connectivity index (χ1n) is 10.4. The predicted molar refractivity (Wildman–Crippen MR) is 117 cm³/mol. The minimum Gasteiger partial charge on any atom is -0.411 e. The van der Waals surface area contributed by atoms with Gasteiger partial charge < -0.3 is 10.1 Å². The number of Topliss-reactive ketones (excluding diaryl/α,β-unsaturated/α-hetero) is 1. The average Bonchev–Trinajstić information content (AvgIpc) is 3.27. The number of ketones is 1. The van der Waals surface area contributed by atoms with Crippen LogP contribution >= 0.6 is 11.3 Å². The molecule has 2 aliphatic rings. The van der Waals surface area contributed by atoms with Crippen molar-refractivity contribution in [3.63, 3.8) is 0 Å². The van der Waals surface area contributed by atoms with Crippen LogP contribution in [0.1, 0.15) is 48.0 Å². The average molecular weight is 465 g/mol. The molecule has 2 aromatic rings. The van der Waals surface area contributed by atoms with E-state index in [0.29, 0.717) is 27.5 Å². The Morgan fingerprint density at radius 3 is 2.58 bits per heavy atom. The molecule has 6 nitrogen and oxygen atoms in total. The van der Waals surface area contributed by atoms with E-state index in [2.05, 4.69) is 10.1 Å². The fourth-order valence-electron chi connectivity index (χ4n) is 4.48. The van der Waals surface area contributed by atoms with Crippen LogP contribution in [0.2, 0.25) is 0 Å². The van der Waals surface area contributed by atoms with E-state index in [0.717, 1.165) is 38.9 Å². The fourth-order valence-corrected chi connectivity index (χ4v) is 7.88. The highest BCUT2D eigenvalue weighted by atomic mass is 32.2. The topological polar surface area (TPSA) is 87.0 Å². The minimum atomic E-state index is -3.40. The largest absolute Gasteiger partial charge is 0.411 e. The summed E-state index contributed by atoms with van der Waals surface area (Å²) in [5, 5.41) is 13.8. The van der Waals surface area contributed by atoms with E-state index in [1.807, 2.05) is 0 Å². The Kier molecular flexibility index (Phi) is 6.55. The second kappa shape index (κ2) is 9.18. The van der Waals surface area contributed by atoms with Crippen molar-refractivity contribution in [3.8, 4) is 0 Å². The summed E-state index contributed by atoms with van der Waals surface area (Å²) >= 11 is 1.18. The Morgan fingerprint density at radius 1 is 1.19 bits per heavy atom. The molecule has 0 spiro atoms. The molecule has 1 aromatic carbocycles. The molecular formula is C22H25FN2O4S2. The number of benzene rings is 1. The van der Waals surface area contributed by atoms with E-state index in [9.17, 15) is 22.8 Å². The van der Waals surface area contributed by atoms with Crippen LogP contribution in [0.5, 0.6) is 0 Å². The lowest BCUT2D eigenvalue weighted by molar-refractivity contribution is 0.0839. The summed E-state index contributed by atoms with van der Waals surface area (Å²) in [7, 11) is -3.40. The van der Waals surface area contributed by atoms with Gasteiger partial charge in [-0.25, -0.2) is 12.8 Å². The number of carbonyl (C=O) groups excluding carboxylic acids is 1. The third-order valence-corrected chi connectivity index (χ3v) is 9.98. The lowest BCUT2D eigenvalue weighted by Crippen LogP contribution is -2.37. The number of thiophene rings is 1. The van der Waals surface area contributed by atoms with Crippen LogP contribution in [0.25, 0.3) is 0 Å². The second-order valence-corrected chi connectivity index (χ2v) is 11.5. The quantitative estimate of drug-likeness (QED) is 0.397. The lowest BCUT2D eigenvalue weighted by atomic mass is 9.89. The van der Waals surface area contributed by atoms with E-state index in [4.69, 9.17) is 0 Å². The summed E-state index contributed by atoms with van der Waals surface area (Å²) in [6.45, 7) is 2.34. The number of hydrogen-bond donors (Lipinski definition) is 1. The van der Waals surface area contributed by atoms with E-state index in [1.165, 1.54) is 35.6 Å². The van der Waals surface area contributed by atoms with Crippen molar-refractivity contribution < 1.29 is 22.8 Å². The van der Waals surface area contributed by atoms with Crippen molar-refractivity contribution in [2.75, 3.05) is 19.6 Å². The third kappa shape index (κ3) is 4.58. The molecule has 9 heteroatoms. The molecule has 0 aliphatic carbocycles. The zero-order chi connectivity index (χ0) is 22.0. The maximum atomic E-state index is 13.1. The Morgan fingerprint density at radius 2 is 1.90 bits per heavy atom. The summed E-state index contributed by atoms with van der Waals surface area (Å²) in [4.78, 5) is 14.9. The zero-order valence-corrected chi connectivity index (χ0v) is 18.7. The molecule has 2 aliphatic heterocycles. The van der Waals surface area contributed by atoms with Gasteiger partial charge in [-0.2, -0.15) is 0 Å². The van der Waals surface area contributed by atoms with Crippen molar-refractivity contribution in [2.45, 2.75) is 41.6 Å². The van der Waals surface area contributed by atoms with Crippen LogP contribution in [-0.4, -0.2) is 54.9 Å². The molecule has 0 bridgehead atoms. The first-order chi connectivity index (χ1) is 14.9. The molecule has 1 atom stereocenters. The normalized spacial score (nSPS) is 23.0. The van der Waals surface area contributed by atoms with Crippen LogP contribution in [0.15, 0.2) is 45.1 Å². The highest BCUT2D eigenvalue weighted by Gasteiger charge is 2.38. The molecule has 1 fully saturated rings. The number of halogens is 1. The summed E-state index contributed by atoms with van der Waals surface area (Å²) < 4.78 is 39.1. The van der Waals surface area contributed by atoms with Gasteiger partial charge >= 0.3 is 0 Å². The van der Waals surface area contributed by atoms with E-state index in [1.54, 1.807) is 11.4 Å². The number of nitrogens with zero attached hydrogens (tertiary/aromatic N) is 2. The van der Waals surface area contributed by atoms with Crippen molar-refractivity contribution in [1.82, 2.24) is 4.90 Å². The molecule has 0 radical (unpaired) electrons. The summed E-state index contributed by atoms with van der Waals surface area (Å²) in [6, 6.07) is 7.40. The molecule has 0 saturated carbocycles. The molecule has 31 heavy (non-hydrogen) atoms. The maximum Gasteiger partial charge on any atom is 0.191 e. The monoisotopic (exact) mass is 464 g/mol. The number of oxime groups is 1. The highest BCUT2D eigenvalue weighted by molar-refractivity contribution is 7.94. The third-order valence-electron chi connectivity index (χ3n) is 6.27. The van der Waals surface area contributed by atoms with Crippen LogP contribution < -0.4 is 0 Å². The van der Waals surface area contributed by atoms with Gasteiger partial charge in [0.1, 0.15) is 10.0 Å². The molecule has 4 rings (SSSR count). The number of rotatable bonds is 6. The van der Waals surface area contributed by atoms with Crippen molar-refractivity contribution in [1.29, 1.82) is 0 Å². The number of hydrogen-bond acceptors (Lipinski definition) is 7. The van der Waals surface area contributed by atoms with Gasteiger partial charge in [-0.1, -0.05) is 5.16 Å². The molecule has 0 amide bonds. The number of likely N-dealkylation sites (tertiary alicyclic amines) is 1. The standard InChI is InChI=1S/C22H25FN2O4S2/c23-17-5-3-15(4-6-17)21(26)16-7-11-25(12-8-16)10-1-2-18-14-20(24-27)19-9-13-30-22(19)31(18,28)29/h3-6,9,13,16,18,27H,1-2,7-8,10-12,14H2. The van der Waals surface area contributed by atoms with Crippen molar-refractivity contribution in [2.24, 2.45) is 11.1 Å². The van der Waals surface area contributed by atoms with Gasteiger partial charge in [0, 0.05) is 23.5 Å². The van der Waals surface area contributed by atoms with Crippen LogP contribution in [0, 0.1) is 11.7 Å². The summed E-state index contributed by atoms with van der Waals surface area (Å²) in [5.74, 6) is -0.337. The zero-order valence-electron chi connectivity index (χ0n) is 17.0. The van der Waals surface area contributed by atoms with Crippen LogP contribution in [0.4, 0.5) is 4.39 Å². The minimum absolute atomic E-state index is 0.0546. The second-order valence-electron chi connectivity index (χ2n) is 8.17. The first-order valence-corrected chi connectivity index (χ1v) is 12.9. The molecule has 1 N–H and O–H groups in total. The molecule has 1 unspecified atom stereocenters. The van der Waals surface area contributed by atoms with Crippen LogP contribution in [-0.2, 0) is 9.84 Å². The lowest BCUT2D eigenvalue weighted by Gasteiger charge is -2.31. The maximum absolute atomic E-state index is 13.1. The van der Waals surface area contributed by atoms with Gasteiger partial charge in [0.15, 0.2) is 15.6 Å². The number of piperidine rings is 1. The fraction of sp³-hybridized carbons (Fsp3) is 0.455. The molecule has 3 heterocycles. The van der Waals surface area contributed by atoms with Crippen LogP contribution in [0.3, 0.4) is 0 Å². The summed E-state index contributed by atoms with van der Waals surface area (Å²) in [5.41, 5.74) is 1.52. The van der Waals surface area contributed by atoms with Gasteiger partial charge in [-0.05, 0) is 81.0 Å². The number of carbonyl (C=O) groups is 1. The van der Waals surface area contributed by atoms with Gasteiger partial charge in [0.2, 0.25) is 0 Å². The predicted octanol–water partition coefficient (Wildman–Crippen LogP) is 3.99. The molecule has 166 valence electrons. The van der Waals surface area contributed by atoms with Gasteiger partial charge in [0.25, 0.3) is 0 Å². The highest BCUT2D eigenvalue weighted by Crippen LogP contribution is 2.36. The molecule has 1 saturated heterocycles. The van der Waals surface area contributed by atoms with E-state index in [-0.39, 0.29) is 23.9 Å². The van der Waals surface area contributed by atoms with Gasteiger partial charge in [-0.15, -0.1) is 11.3 Å². The Labute approximate surface area is 185 Å². The number of sulfone groups is 1. The smallest absolute Gasteiger partial charge is 0.191 e. The Hall–Kier alpha value is -2.10. The Balaban J connectivity index is 1.28. The van der Waals surface area contributed by atoms with Gasteiger partial charge in [0.05, 0.1) is 11.0 Å². The summed E-state index contributed by atoms with van der Waals surface area (Å²) in [6.07, 6.45) is 2.96. The van der Waals surface area contributed by atoms with Gasteiger partial charge in [-0.3, -0.25) is 4.79 Å². The molecular weight excluding hydrogens is 439 g/mol. The molecule has 1 aromatic heterocycles. The van der Waals surface area contributed by atoms with Crippen molar-refractivity contribution >= 4 is 32.7 Å². The van der Waals surface area contributed by atoms with E-state index < -0.39 is 15.1 Å². The van der Waals surface area contributed by atoms with E-state index >= 15 is 0 Å². The van der Waals surface area contributed by atoms with Crippen molar-refractivity contribution in [3.05, 3.63) is 52.7 Å². The SMILES string of the molecule is O=C(c1ccc(F)cc1)C1CCN(CCCC2CC(=NO)c3ccsc3S2(=O)=O)CC1. The Bertz CT molecular complexity index is 1070.